The molecule has 6 heteroatoms. The molecule has 0 aliphatic heterocycles. The summed E-state index contributed by atoms with van der Waals surface area (Å²) in [5, 5.41) is 0. The van der Waals surface area contributed by atoms with Crippen molar-refractivity contribution in [2.45, 2.75) is 19.5 Å². The van der Waals surface area contributed by atoms with Crippen molar-refractivity contribution in [3.8, 4) is 0 Å². The van der Waals surface area contributed by atoms with Gasteiger partial charge in [-0.15, -0.1) is 0 Å². The number of carbonyl (C=O) groups is 2. The maximum atomic E-state index is 12.5. The van der Waals surface area contributed by atoms with E-state index in [-0.39, 0.29) is 12.5 Å². The van der Waals surface area contributed by atoms with E-state index in [1.807, 2.05) is 49.2 Å². The van der Waals surface area contributed by atoms with E-state index in [0.29, 0.717) is 18.8 Å². The van der Waals surface area contributed by atoms with Gasteiger partial charge in [-0.2, -0.15) is 0 Å². The minimum atomic E-state index is -0.533. The maximum Gasteiger partial charge on any atom is 0.328 e. The van der Waals surface area contributed by atoms with Crippen LogP contribution in [0.5, 0.6) is 0 Å². The Morgan fingerprint density at radius 2 is 1.84 bits per heavy atom. The fourth-order valence-electron chi connectivity index (χ4n) is 2.43. The highest BCUT2D eigenvalue weighted by atomic mass is 16.5. The van der Waals surface area contributed by atoms with Gasteiger partial charge in [0.15, 0.2) is 6.61 Å². The van der Waals surface area contributed by atoms with Crippen LogP contribution < -0.4 is 0 Å². The lowest BCUT2D eigenvalue weighted by molar-refractivity contribution is -0.156. The monoisotopic (exact) mass is 344 g/mol. The van der Waals surface area contributed by atoms with Gasteiger partial charge in [0.2, 0.25) is 0 Å². The van der Waals surface area contributed by atoms with Gasteiger partial charge in [0.05, 0.1) is 12.8 Å². The molecule has 6 nitrogen and oxygen atoms in total. The molecule has 1 aromatic heterocycles. The Morgan fingerprint density at radius 1 is 1.12 bits per heavy atom. The number of hydrogen-bond acceptors (Lipinski definition) is 5. The molecule has 1 amide bonds. The molecule has 1 atom stereocenters. The van der Waals surface area contributed by atoms with E-state index < -0.39 is 12.0 Å². The minimum Gasteiger partial charge on any atom is -0.467 e. The average molecular weight is 344 g/mol. The number of likely N-dealkylation sites (N-methyl/N-ethyl adjacent to an activating group) is 2. The zero-order valence-electron chi connectivity index (χ0n) is 14.8. The largest absolute Gasteiger partial charge is 0.467 e. The third-order valence-electron chi connectivity index (χ3n) is 4.01. The summed E-state index contributed by atoms with van der Waals surface area (Å²) in [6.07, 6.45) is 1.55. The molecule has 0 radical (unpaired) electrons. The number of nitrogens with zero attached hydrogens (tertiary/aromatic N) is 2. The first-order chi connectivity index (χ1) is 12.0. The minimum absolute atomic E-state index is 0.282. The van der Waals surface area contributed by atoms with Gasteiger partial charge in [0.25, 0.3) is 5.91 Å². The van der Waals surface area contributed by atoms with Crippen LogP contribution in [0.3, 0.4) is 0 Å². The van der Waals surface area contributed by atoms with Crippen molar-refractivity contribution in [1.82, 2.24) is 9.80 Å². The molecular weight excluding hydrogens is 320 g/mol. The highest BCUT2D eigenvalue weighted by Gasteiger charge is 2.26. The van der Waals surface area contributed by atoms with Gasteiger partial charge in [0, 0.05) is 7.05 Å². The molecule has 25 heavy (non-hydrogen) atoms. The second-order valence-electron chi connectivity index (χ2n) is 5.82. The number of esters is 1. The van der Waals surface area contributed by atoms with Gasteiger partial charge in [-0.05, 0) is 31.3 Å². The van der Waals surface area contributed by atoms with Crippen molar-refractivity contribution in [1.29, 1.82) is 0 Å². The second kappa shape index (κ2) is 9.03. The van der Waals surface area contributed by atoms with Crippen molar-refractivity contribution >= 4 is 11.9 Å². The predicted octanol–water partition coefficient (Wildman–Crippen LogP) is 2.47. The van der Waals surface area contributed by atoms with Gasteiger partial charge in [-0.3, -0.25) is 9.69 Å². The Labute approximate surface area is 148 Å². The van der Waals surface area contributed by atoms with Gasteiger partial charge < -0.3 is 14.1 Å². The van der Waals surface area contributed by atoms with Crippen LogP contribution in [0, 0.1) is 0 Å². The fourth-order valence-corrected chi connectivity index (χ4v) is 2.43. The van der Waals surface area contributed by atoms with E-state index in [2.05, 4.69) is 0 Å². The number of benzene rings is 1. The molecular formula is C19H24N2O4. The highest BCUT2D eigenvalue weighted by Crippen LogP contribution is 2.20. The smallest absolute Gasteiger partial charge is 0.328 e. The third kappa shape index (κ3) is 5.19. The Hall–Kier alpha value is -2.60. The number of amides is 1. The Bertz CT molecular complexity index is 670. The fraction of sp³-hybridized carbons (Fsp3) is 0.368. The van der Waals surface area contributed by atoms with Crippen LogP contribution in [0.2, 0.25) is 0 Å². The standard InChI is InChI=1S/C19H24N2O4/c1-4-20(2)18(15-9-6-5-7-10-15)19(23)25-14-17(22)21(3)13-16-11-8-12-24-16/h5-12,18H,4,13-14H2,1-3H3/t18-/m1/s1. The molecule has 2 aromatic rings. The molecule has 2 rings (SSSR count). The summed E-state index contributed by atoms with van der Waals surface area (Å²) in [4.78, 5) is 28.0. The zero-order chi connectivity index (χ0) is 18.2. The van der Waals surface area contributed by atoms with E-state index in [9.17, 15) is 9.59 Å². The highest BCUT2D eigenvalue weighted by molar-refractivity contribution is 5.83. The Morgan fingerprint density at radius 3 is 2.44 bits per heavy atom. The zero-order valence-corrected chi connectivity index (χ0v) is 14.8. The third-order valence-corrected chi connectivity index (χ3v) is 4.01. The van der Waals surface area contributed by atoms with Gasteiger partial charge in [0.1, 0.15) is 11.8 Å². The van der Waals surface area contributed by atoms with Crippen LogP contribution in [0.1, 0.15) is 24.3 Å². The van der Waals surface area contributed by atoms with Crippen molar-refractivity contribution in [2.75, 3.05) is 27.2 Å². The summed E-state index contributed by atoms with van der Waals surface area (Å²) in [7, 11) is 3.50. The lowest BCUT2D eigenvalue weighted by Gasteiger charge is -2.25. The summed E-state index contributed by atoms with van der Waals surface area (Å²) in [5.74, 6) is -0.0407. The van der Waals surface area contributed by atoms with E-state index in [4.69, 9.17) is 9.15 Å². The molecule has 1 heterocycles. The summed E-state index contributed by atoms with van der Waals surface area (Å²) in [5.41, 5.74) is 0.841. The van der Waals surface area contributed by atoms with Crippen LogP contribution in [0.4, 0.5) is 0 Å². The molecule has 0 fully saturated rings. The molecule has 0 spiro atoms. The van der Waals surface area contributed by atoms with Gasteiger partial charge in [-0.25, -0.2) is 4.79 Å². The molecule has 0 aliphatic rings. The second-order valence-corrected chi connectivity index (χ2v) is 5.82. The number of ether oxygens (including phenoxy) is 1. The SMILES string of the molecule is CCN(C)[C@@H](C(=O)OCC(=O)N(C)Cc1ccco1)c1ccccc1. The molecule has 1 aromatic carbocycles. The van der Waals surface area contributed by atoms with Crippen molar-refractivity contribution in [3.63, 3.8) is 0 Å². The number of hydrogen-bond donors (Lipinski definition) is 0. The lowest BCUT2D eigenvalue weighted by Crippen LogP contribution is -2.35. The number of furan rings is 1. The van der Waals surface area contributed by atoms with Gasteiger partial charge in [-0.1, -0.05) is 37.3 Å². The first-order valence-electron chi connectivity index (χ1n) is 8.21. The molecule has 0 aliphatic carbocycles. The quantitative estimate of drug-likeness (QED) is 0.689. The molecule has 0 N–H and O–H groups in total. The predicted molar refractivity (Wildman–Crippen MR) is 93.6 cm³/mol. The van der Waals surface area contributed by atoms with Crippen molar-refractivity contribution in [3.05, 3.63) is 60.1 Å². The molecule has 0 unspecified atom stereocenters. The number of rotatable bonds is 8. The average Bonchev–Trinajstić information content (AvgIpc) is 3.13. The Kier molecular flexibility index (Phi) is 6.77. The van der Waals surface area contributed by atoms with Crippen LogP contribution >= 0.6 is 0 Å². The van der Waals surface area contributed by atoms with Crippen molar-refractivity contribution < 1.29 is 18.7 Å². The lowest BCUT2D eigenvalue weighted by atomic mass is 10.1. The van der Waals surface area contributed by atoms with Crippen LogP contribution in [-0.2, 0) is 20.9 Å². The van der Waals surface area contributed by atoms with Crippen LogP contribution in [-0.4, -0.2) is 48.9 Å². The topological polar surface area (TPSA) is 63.0 Å². The van der Waals surface area contributed by atoms with Crippen molar-refractivity contribution in [2.24, 2.45) is 0 Å². The van der Waals surface area contributed by atoms with E-state index >= 15 is 0 Å². The van der Waals surface area contributed by atoms with Crippen LogP contribution in [0.25, 0.3) is 0 Å². The summed E-state index contributed by atoms with van der Waals surface area (Å²) < 4.78 is 10.5. The molecule has 0 bridgehead atoms. The number of carbonyl (C=O) groups excluding carboxylic acids is 2. The molecule has 134 valence electrons. The van der Waals surface area contributed by atoms with Crippen LogP contribution in [0.15, 0.2) is 53.1 Å². The Balaban J connectivity index is 1.95. The molecule has 0 saturated carbocycles. The summed E-state index contributed by atoms with van der Waals surface area (Å²) in [6.45, 7) is 2.68. The summed E-state index contributed by atoms with van der Waals surface area (Å²) >= 11 is 0. The van der Waals surface area contributed by atoms with E-state index in [0.717, 1.165) is 5.56 Å². The maximum absolute atomic E-state index is 12.5. The van der Waals surface area contributed by atoms with E-state index in [1.54, 1.807) is 25.4 Å². The molecule has 0 saturated heterocycles. The van der Waals surface area contributed by atoms with E-state index in [1.165, 1.54) is 4.90 Å². The first-order valence-corrected chi connectivity index (χ1v) is 8.21. The first kappa shape index (κ1) is 18.7. The normalized spacial score (nSPS) is 12.0. The summed E-state index contributed by atoms with van der Waals surface area (Å²) in [6, 6.07) is 12.4. The van der Waals surface area contributed by atoms with Gasteiger partial charge >= 0.3 is 5.97 Å².